The van der Waals surface area contributed by atoms with E-state index in [1.54, 1.807) is 7.11 Å². The molecule has 0 saturated heterocycles. The van der Waals surface area contributed by atoms with Gasteiger partial charge >= 0.3 is 6.03 Å². The summed E-state index contributed by atoms with van der Waals surface area (Å²) in [6.07, 6.45) is 1.41. The molecule has 1 unspecified atom stereocenters. The second-order valence-electron chi connectivity index (χ2n) is 5.63. The zero-order valence-electron chi connectivity index (χ0n) is 15.2. The molecule has 2 rings (SSSR count). The van der Waals surface area contributed by atoms with E-state index in [4.69, 9.17) is 25.3 Å². The van der Waals surface area contributed by atoms with Crippen LogP contribution in [-0.2, 0) is 4.84 Å². The van der Waals surface area contributed by atoms with E-state index in [1.807, 2.05) is 55.5 Å². The SMILES string of the molecule is COc1ccc(C(C)Oc2ccc(/C=N/OCCN(O)C(N)=O)cc2)cc1. The number of primary amides is 1. The normalized spacial score (nSPS) is 11.8. The maximum absolute atomic E-state index is 10.6. The van der Waals surface area contributed by atoms with Crippen LogP contribution >= 0.6 is 0 Å². The summed E-state index contributed by atoms with van der Waals surface area (Å²) in [5.41, 5.74) is 6.73. The van der Waals surface area contributed by atoms with E-state index in [9.17, 15) is 4.79 Å². The number of benzene rings is 2. The van der Waals surface area contributed by atoms with Crippen LogP contribution in [-0.4, -0.2) is 42.8 Å². The summed E-state index contributed by atoms with van der Waals surface area (Å²) in [6.45, 7) is 1.93. The molecule has 0 aromatic heterocycles. The molecule has 0 fully saturated rings. The summed E-state index contributed by atoms with van der Waals surface area (Å²) in [5.74, 6) is 1.53. The minimum absolute atomic E-state index is 0.0243. The second kappa shape index (κ2) is 10.0. The van der Waals surface area contributed by atoms with Gasteiger partial charge in [-0.05, 0) is 54.4 Å². The Morgan fingerprint density at radius 2 is 1.81 bits per heavy atom. The summed E-state index contributed by atoms with van der Waals surface area (Å²) in [6, 6.07) is 14.1. The highest BCUT2D eigenvalue weighted by atomic mass is 16.6. The molecule has 2 amide bonds. The molecule has 0 bridgehead atoms. The molecule has 0 aliphatic rings. The van der Waals surface area contributed by atoms with Crippen molar-refractivity contribution in [1.29, 1.82) is 0 Å². The van der Waals surface area contributed by atoms with Crippen LogP contribution in [0.3, 0.4) is 0 Å². The number of hydroxylamine groups is 2. The van der Waals surface area contributed by atoms with Crippen molar-refractivity contribution in [1.82, 2.24) is 5.06 Å². The van der Waals surface area contributed by atoms with E-state index in [0.717, 1.165) is 22.6 Å². The number of methoxy groups -OCH3 is 1. The molecule has 0 aliphatic heterocycles. The number of urea groups is 1. The molecule has 144 valence electrons. The van der Waals surface area contributed by atoms with Crippen molar-refractivity contribution >= 4 is 12.2 Å². The zero-order valence-corrected chi connectivity index (χ0v) is 15.2. The Morgan fingerprint density at radius 1 is 1.19 bits per heavy atom. The molecule has 0 saturated carbocycles. The number of amides is 2. The highest BCUT2D eigenvalue weighted by molar-refractivity contribution is 5.79. The lowest BCUT2D eigenvalue weighted by Crippen LogP contribution is -2.34. The van der Waals surface area contributed by atoms with Crippen molar-refractivity contribution in [2.24, 2.45) is 10.9 Å². The van der Waals surface area contributed by atoms with E-state index < -0.39 is 6.03 Å². The van der Waals surface area contributed by atoms with Gasteiger partial charge in [0.25, 0.3) is 0 Å². The predicted octanol–water partition coefficient (Wildman–Crippen LogP) is 2.96. The van der Waals surface area contributed by atoms with Crippen molar-refractivity contribution < 1.29 is 24.3 Å². The Kier molecular flexibility index (Phi) is 7.45. The van der Waals surface area contributed by atoms with E-state index in [1.165, 1.54) is 6.21 Å². The van der Waals surface area contributed by atoms with E-state index in [2.05, 4.69) is 5.16 Å². The summed E-state index contributed by atoms with van der Waals surface area (Å²) < 4.78 is 11.1. The fourth-order valence-corrected chi connectivity index (χ4v) is 2.17. The van der Waals surface area contributed by atoms with E-state index in [-0.39, 0.29) is 19.3 Å². The fourth-order valence-electron chi connectivity index (χ4n) is 2.17. The lowest BCUT2D eigenvalue weighted by molar-refractivity contribution is -0.0559. The smallest absolute Gasteiger partial charge is 0.338 e. The topological polar surface area (TPSA) is 107 Å². The van der Waals surface area contributed by atoms with Gasteiger partial charge in [0.15, 0.2) is 0 Å². The maximum atomic E-state index is 10.6. The summed E-state index contributed by atoms with van der Waals surface area (Å²) in [7, 11) is 1.63. The zero-order chi connectivity index (χ0) is 19.6. The third kappa shape index (κ3) is 6.52. The van der Waals surface area contributed by atoms with Gasteiger partial charge in [-0.2, -0.15) is 0 Å². The number of carbonyl (C=O) groups is 1. The minimum Gasteiger partial charge on any atom is -0.497 e. The standard InChI is InChI=1S/C19H23N3O5/c1-14(16-5-9-17(25-2)10-6-16)27-18-7-3-15(4-8-18)13-21-26-12-11-22(24)19(20)23/h3-10,13-14,24H,11-12H2,1-2H3,(H2,20,23)/b21-13+. The number of nitrogens with zero attached hydrogens (tertiary/aromatic N) is 2. The van der Waals surface area contributed by atoms with Gasteiger partial charge in [-0.1, -0.05) is 17.3 Å². The second-order valence-corrected chi connectivity index (χ2v) is 5.63. The van der Waals surface area contributed by atoms with Crippen molar-refractivity contribution in [3.05, 3.63) is 59.7 Å². The van der Waals surface area contributed by atoms with Crippen molar-refractivity contribution in [3.63, 3.8) is 0 Å². The molecular formula is C19H23N3O5. The number of hydrogen-bond acceptors (Lipinski definition) is 6. The van der Waals surface area contributed by atoms with Crippen molar-refractivity contribution in [2.45, 2.75) is 13.0 Å². The third-order valence-electron chi connectivity index (χ3n) is 3.70. The van der Waals surface area contributed by atoms with Gasteiger partial charge in [-0.15, -0.1) is 0 Å². The van der Waals surface area contributed by atoms with Gasteiger partial charge in [0.2, 0.25) is 0 Å². The van der Waals surface area contributed by atoms with Crippen LogP contribution in [0.2, 0.25) is 0 Å². The van der Waals surface area contributed by atoms with E-state index >= 15 is 0 Å². The maximum Gasteiger partial charge on any atom is 0.338 e. The summed E-state index contributed by atoms with van der Waals surface area (Å²) in [5, 5.41) is 13.2. The fraction of sp³-hybridized carbons (Fsp3) is 0.263. The lowest BCUT2D eigenvalue weighted by Gasteiger charge is -2.15. The molecule has 27 heavy (non-hydrogen) atoms. The van der Waals surface area contributed by atoms with E-state index in [0.29, 0.717) is 5.06 Å². The van der Waals surface area contributed by atoms with Crippen LogP contribution in [0.1, 0.15) is 24.2 Å². The largest absolute Gasteiger partial charge is 0.497 e. The molecule has 0 spiro atoms. The van der Waals surface area contributed by atoms with Crippen molar-refractivity contribution in [2.75, 3.05) is 20.3 Å². The summed E-state index contributed by atoms with van der Waals surface area (Å²) >= 11 is 0. The molecule has 3 N–H and O–H groups in total. The van der Waals surface area contributed by atoms with Gasteiger partial charge in [-0.25, -0.2) is 9.86 Å². The van der Waals surface area contributed by atoms with Gasteiger partial charge in [0.05, 0.1) is 19.9 Å². The molecule has 0 radical (unpaired) electrons. The lowest BCUT2D eigenvalue weighted by atomic mass is 10.1. The van der Waals surface area contributed by atoms with Gasteiger partial charge in [0.1, 0.15) is 24.2 Å². The number of ether oxygens (including phenoxy) is 2. The first-order chi connectivity index (χ1) is 13.0. The average molecular weight is 373 g/mol. The van der Waals surface area contributed by atoms with Crippen LogP contribution in [0.4, 0.5) is 4.79 Å². The monoisotopic (exact) mass is 373 g/mol. The quantitative estimate of drug-likeness (QED) is 0.304. The van der Waals surface area contributed by atoms with Gasteiger partial charge in [0, 0.05) is 0 Å². The Hall–Kier alpha value is -3.26. The molecule has 2 aromatic carbocycles. The third-order valence-corrected chi connectivity index (χ3v) is 3.70. The van der Waals surface area contributed by atoms with Crippen LogP contribution < -0.4 is 15.2 Å². The Bertz CT molecular complexity index is 747. The van der Waals surface area contributed by atoms with Crippen LogP contribution in [0.5, 0.6) is 11.5 Å². The number of hydrogen-bond donors (Lipinski definition) is 2. The highest BCUT2D eigenvalue weighted by Crippen LogP contribution is 2.23. The molecule has 2 aromatic rings. The highest BCUT2D eigenvalue weighted by Gasteiger charge is 2.07. The number of nitrogens with two attached hydrogens (primary N) is 1. The summed E-state index contributed by atoms with van der Waals surface area (Å²) in [4.78, 5) is 15.5. The Labute approximate surface area is 157 Å². The number of carbonyl (C=O) groups excluding carboxylic acids is 1. The molecular weight excluding hydrogens is 350 g/mol. The first-order valence-corrected chi connectivity index (χ1v) is 8.31. The first-order valence-electron chi connectivity index (χ1n) is 8.31. The Morgan fingerprint density at radius 3 is 2.41 bits per heavy atom. The molecule has 8 nitrogen and oxygen atoms in total. The van der Waals surface area contributed by atoms with Crippen molar-refractivity contribution in [3.8, 4) is 11.5 Å². The molecule has 0 heterocycles. The molecule has 0 aliphatic carbocycles. The first kappa shape index (κ1) is 20.1. The van der Waals surface area contributed by atoms with Crippen LogP contribution in [0.15, 0.2) is 53.7 Å². The number of rotatable bonds is 9. The molecule has 8 heteroatoms. The van der Waals surface area contributed by atoms with Crippen LogP contribution in [0, 0.1) is 0 Å². The van der Waals surface area contributed by atoms with Gasteiger partial charge < -0.3 is 20.0 Å². The van der Waals surface area contributed by atoms with Gasteiger partial charge in [-0.3, -0.25) is 5.21 Å². The Balaban J connectivity index is 1.81. The number of oxime groups is 1. The minimum atomic E-state index is -0.943. The predicted molar refractivity (Wildman–Crippen MR) is 100 cm³/mol. The van der Waals surface area contributed by atoms with Crippen LogP contribution in [0.25, 0.3) is 0 Å². The molecule has 1 atom stereocenters. The average Bonchev–Trinajstić information content (AvgIpc) is 2.68.